The van der Waals surface area contributed by atoms with Crippen LogP contribution in [0.1, 0.15) is 6.92 Å². The van der Waals surface area contributed by atoms with Gasteiger partial charge >= 0.3 is 5.97 Å². The summed E-state index contributed by atoms with van der Waals surface area (Å²) in [6.07, 6.45) is 0. The van der Waals surface area contributed by atoms with Crippen molar-refractivity contribution in [2.45, 2.75) is 6.92 Å². The van der Waals surface area contributed by atoms with Crippen LogP contribution in [-0.4, -0.2) is 19.3 Å². The van der Waals surface area contributed by atoms with Gasteiger partial charge in [-0.05, 0) is 6.92 Å². The van der Waals surface area contributed by atoms with Crippen LogP contribution in [0.4, 0.5) is 4.39 Å². The monoisotopic (exact) mass is 130 g/mol. The SMILES string of the molecule is CCOC(=O)C#CCF. The predicted molar refractivity (Wildman–Crippen MR) is 30.4 cm³/mol. The third kappa shape index (κ3) is 4.82. The Bertz CT molecular complexity index is 143. The second-order valence-corrected chi connectivity index (χ2v) is 1.16. The summed E-state index contributed by atoms with van der Waals surface area (Å²) in [4.78, 5) is 10.2. The molecule has 0 amide bonds. The van der Waals surface area contributed by atoms with Gasteiger partial charge in [-0.15, -0.1) is 0 Å². The first-order chi connectivity index (χ1) is 4.31. The molecule has 0 spiro atoms. The number of hydrogen-bond acceptors (Lipinski definition) is 2. The van der Waals surface area contributed by atoms with Gasteiger partial charge in [0.15, 0.2) is 6.67 Å². The van der Waals surface area contributed by atoms with Crippen LogP contribution in [0.25, 0.3) is 0 Å². The first-order valence-corrected chi connectivity index (χ1v) is 2.52. The van der Waals surface area contributed by atoms with E-state index in [9.17, 15) is 9.18 Å². The van der Waals surface area contributed by atoms with Crippen LogP contribution >= 0.6 is 0 Å². The standard InChI is InChI=1S/C6H7FO2/c1-2-9-6(8)4-3-5-7/h2,5H2,1H3. The number of esters is 1. The Balaban J connectivity index is 3.49. The number of halogens is 1. The lowest BCUT2D eigenvalue weighted by Gasteiger charge is -1.89. The molecule has 0 saturated carbocycles. The fourth-order valence-corrected chi connectivity index (χ4v) is 0.273. The molecule has 0 fully saturated rings. The lowest BCUT2D eigenvalue weighted by molar-refractivity contribution is -0.136. The molecule has 0 aromatic heterocycles. The number of ether oxygens (including phenoxy) is 1. The molecule has 3 heteroatoms. The van der Waals surface area contributed by atoms with E-state index in [1.54, 1.807) is 6.92 Å². The number of alkyl halides is 1. The minimum Gasteiger partial charge on any atom is -0.456 e. The van der Waals surface area contributed by atoms with Crippen LogP contribution in [0.15, 0.2) is 0 Å². The second kappa shape index (κ2) is 5.10. The highest BCUT2D eigenvalue weighted by atomic mass is 19.1. The van der Waals surface area contributed by atoms with Gasteiger partial charge < -0.3 is 4.74 Å². The van der Waals surface area contributed by atoms with E-state index in [0.717, 1.165) is 0 Å². The van der Waals surface area contributed by atoms with Gasteiger partial charge in [-0.25, -0.2) is 9.18 Å². The van der Waals surface area contributed by atoms with Gasteiger partial charge in [-0.1, -0.05) is 5.92 Å². The van der Waals surface area contributed by atoms with Crippen molar-refractivity contribution in [2.24, 2.45) is 0 Å². The largest absolute Gasteiger partial charge is 0.456 e. The Morgan fingerprint density at radius 1 is 1.78 bits per heavy atom. The minimum absolute atomic E-state index is 0.278. The maximum atomic E-state index is 11.2. The summed E-state index contributed by atoms with van der Waals surface area (Å²) >= 11 is 0. The Kier molecular flexibility index (Phi) is 4.51. The molecular weight excluding hydrogens is 123 g/mol. The third-order valence-electron chi connectivity index (χ3n) is 0.533. The zero-order chi connectivity index (χ0) is 7.11. The van der Waals surface area contributed by atoms with E-state index in [0.29, 0.717) is 0 Å². The summed E-state index contributed by atoms with van der Waals surface area (Å²) in [6.45, 7) is 1.13. The molecule has 0 aliphatic carbocycles. The maximum Gasteiger partial charge on any atom is 0.384 e. The fraction of sp³-hybridized carbons (Fsp3) is 0.500. The van der Waals surface area contributed by atoms with Crippen molar-refractivity contribution in [1.29, 1.82) is 0 Å². The Morgan fingerprint density at radius 2 is 2.44 bits per heavy atom. The molecule has 0 aromatic carbocycles. The van der Waals surface area contributed by atoms with Crippen molar-refractivity contribution >= 4 is 5.97 Å². The van der Waals surface area contributed by atoms with Crippen LogP contribution in [0.2, 0.25) is 0 Å². The highest BCUT2D eigenvalue weighted by Gasteiger charge is 1.89. The zero-order valence-electron chi connectivity index (χ0n) is 5.11. The molecule has 0 aliphatic heterocycles. The Hall–Kier alpha value is -1.04. The van der Waals surface area contributed by atoms with E-state index >= 15 is 0 Å². The zero-order valence-corrected chi connectivity index (χ0v) is 5.11. The second-order valence-electron chi connectivity index (χ2n) is 1.16. The highest BCUT2D eigenvalue weighted by Crippen LogP contribution is 1.73. The number of hydrogen-bond donors (Lipinski definition) is 0. The van der Waals surface area contributed by atoms with Gasteiger partial charge in [-0.3, -0.25) is 0 Å². The molecule has 9 heavy (non-hydrogen) atoms. The van der Waals surface area contributed by atoms with Crippen molar-refractivity contribution < 1.29 is 13.9 Å². The van der Waals surface area contributed by atoms with Crippen LogP contribution in [0.5, 0.6) is 0 Å². The Morgan fingerprint density at radius 3 is 2.89 bits per heavy atom. The normalized spacial score (nSPS) is 7.33. The van der Waals surface area contributed by atoms with Crippen molar-refractivity contribution in [3.05, 3.63) is 0 Å². The topological polar surface area (TPSA) is 26.3 Å². The molecule has 50 valence electrons. The molecule has 0 radical (unpaired) electrons. The maximum absolute atomic E-state index is 11.2. The molecule has 0 saturated heterocycles. The van der Waals surface area contributed by atoms with Crippen molar-refractivity contribution in [1.82, 2.24) is 0 Å². The first kappa shape index (κ1) is 7.96. The molecule has 0 heterocycles. The van der Waals surface area contributed by atoms with E-state index in [2.05, 4.69) is 4.74 Å². The minimum atomic E-state index is -0.807. The quantitative estimate of drug-likeness (QED) is 0.294. The molecular formula is C6H7FO2. The third-order valence-corrected chi connectivity index (χ3v) is 0.533. The lowest BCUT2D eigenvalue weighted by Crippen LogP contribution is -1.99. The number of rotatable bonds is 1. The molecule has 2 nitrogen and oxygen atoms in total. The lowest BCUT2D eigenvalue weighted by atomic mass is 10.6. The summed E-state index contributed by atoms with van der Waals surface area (Å²) in [6, 6.07) is 0. The summed E-state index contributed by atoms with van der Waals surface area (Å²) in [5.74, 6) is 3.22. The van der Waals surface area contributed by atoms with Crippen LogP contribution < -0.4 is 0 Å². The molecule has 0 aromatic rings. The van der Waals surface area contributed by atoms with Gasteiger partial charge in [0.25, 0.3) is 0 Å². The summed E-state index contributed by atoms with van der Waals surface area (Å²) in [5, 5.41) is 0. The summed E-state index contributed by atoms with van der Waals surface area (Å²) in [5.41, 5.74) is 0. The van der Waals surface area contributed by atoms with Crippen LogP contribution in [0.3, 0.4) is 0 Å². The Labute approximate surface area is 53.0 Å². The van der Waals surface area contributed by atoms with Crippen molar-refractivity contribution in [3.63, 3.8) is 0 Å². The molecule has 0 aliphatic rings. The van der Waals surface area contributed by atoms with Gasteiger partial charge in [0.1, 0.15) is 0 Å². The molecule has 0 bridgehead atoms. The fourth-order valence-electron chi connectivity index (χ4n) is 0.273. The highest BCUT2D eigenvalue weighted by molar-refractivity contribution is 5.88. The van der Waals surface area contributed by atoms with E-state index in [4.69, 9.17) is 0 Å². The number of carbonyl (C=O) groups is 1. The van der Waals surface area contributed by atoms with E-state index in [1.807, 2.05) is 11.8 Å². The predicted octanol–water partition coefficient (Wildman–Crippen LogP) is 0.522. The average Bonchev–Trinajstić information content (AvgIpc) is 1.85. The molecule has 0 rings (SSSR count). The van der Waals surface area contributed by atoms with Crippen LogP contribution in [0, 0.1) is 11.8 Å². The first-order valence-electron chi connectivity index (χ1n) is 2.52. The van der Waals surface area contributed by atoms with Gasteiger partial charge in [0.2, 0.25) is 0 Å². The average molecular weight is 130 g/mol. The van der Waals surface area contributed by atoms with Crippen molar-refractivity contribution in [3.8, 4) is 11.8 Å². The smallest absolute Gasteiger partial charge is 0.384 e. The number of carbonyl (C=O) groups excluding carboxylic acids is 1. The van der Waals surface area contributed by atoms with Gasteiger partial charge in [0, 0.05) is 5.92 Å². The molecule has 0 atom stereocenters. The van der Waals surface area contributed by atoms with Crippen LogP contribution in [-0.2, 0) is 9.53 Å². The van der Waals surface area contributed by atoms with E-state index in [-0.39, 0.29) is 6.61 Å². The molecule has 0 unspecified atom stereocenters. The van der Waals surface area contributed by atoms with E-state index < -0.39 is 12.6 Å². The summed E-state index contributed by atoms with van der Waals surface area (Å²) in [7, 11) is 0. The van der Waals surface area contributed by atoms with Crippen molar-refractivity contribution in [2.75, 3.05) is 13.3 Å². The van der Waals surface area contributed by atoms with E-state index in [1.165, 1.54) is 0 Å². The summed E-state index contributed by atoms with van der Waals surface area (Å²) < 4.78 is 15.6. The van der Waals surface area contributed by atoms with Gasteiger partial charge in [0.05, 0.1) is 6.61 Å². The van der Waals surface area contributed by atoms with Gasteiger partial charge in [-0.2, -0.15) is 0 Å². The molecule has 0 N–H and O–H groups in total.